The van der Waals surface area contributed by atoms with Gasteiger partial charge in [0.25, 0.3) is 0 Å². The third kappa shape index (κ3) is 3.20. The molecule has 3 aromatic heterocycles. The van der Waals surface area contributed by atoms with Crippen molar-refractivity contribution in [3.63, 3.8) is 0 Å². The van der Waals surface area contributed by atoms with E-state index < -0.39 is 0 Å². The Morgan fingerprint density at radius 3 is 3.08 bits per heavy atom. The molecule has 1 aliphatic heterocycles. The first-order valence-corrected chi connectivity index (χ1v) is 8.20. The second-order valence-electron chi connectivity index (χ2n) is 5.96. The minimum atomic E-state index is -0.234. The zero-order chi connectivity index (χ0) is 17.2. The molecule has 0 bridgehead atoms. The summed E-state index contributed by atoms with van der Waals surface area (Å²) < 4.78 is 13.2. The van der Waals surface area contributed by atoms with Gasteiger partial charge in [0.05, 0.1) is 19.7 Å². The van der Waals surface area contributed by atoms with E-state index in [1.807, 2.05) is 47.9 Å². The molecule has 1 N–H and O–H groups in total. The summed E-state index contributed by atoms with van der Waals surface area (Å²) in [6.45, 7) is 3.68. The molecule has 1 saturated heterocycles. The lowest BCUT2D eigenvalue weighted by molar-refractivity contribution is -0.0264. The third-order valence-electron chi connectivity index (χ3n) is 4.21. The number of hydrogen-bond donors (Lipinski definition) is 1. The summed E-state index contributed by atoms with van der Waals surface area (Å²) >= 11 is 0. The summed E-state index contributed by atoms with van der Waals surface area (Å²) in [5.41, 5.74) is 0.756. The number of furan rings is 1. The number of carbonyl (C=O) groups is 1. The zero-order valence-electron chi connectivity index (χ0n) is 13.9. The molecule has 1 aliphatic rings. The Morgan fingerprint density at radius 2 is 2.24 bits per heavy atom. The number of nitrogens with one attached hydrogen (secondary N) is 1. The van der Waals surface area contributed by atoms with Gasteiger partial charge >= 0.3 is 6.03 Å². The first-order chi connectivity index (χ1) is 12.2. The number of morpholine rings is 1. The van der Waals surface area contributed by atoms with Crippen LogP contribution in [0.2, 0.25) is 0 Å². The Kier molecular flexibility index (Phi) is 4.10. The van der Waals surface area contributed by atoms with E-state index >= 15 is 0 Å². The maximum Gasteiger partial charge on any atom is 0.317 e. The summed E-state index contributed by atoms with van der Waals surface area (Å²) in [6.07, 6.45) is 1.64. The van der Waals surface area contributed by atoms with E-state index in [2.05, 4.69) is 15.5 Å². The SMILES string of the molecule is Cc1ccc([C@@H]2CN(C(=O)NCc3nnc4ccccn34)CCO2)o1. The van der Waals surface area contributed by atoms with Gasteiger partial charge in [-0.3, -0.25) is 4.40 Å². The van der Waals surface area contributed by atoms with Crippen LogP contribution in [0.3, 0.4) is 0 Å². The van der Waals surface area contributed by atoms with Crippen molar-refractivity contribution >= 4 is 11.7 Å². The molecule has 2 amide bonds. The van der Waals surface area contributed by atoms with Crippen LogP contribution >= 0.6 is 0 Å². The van der Waals surface area contributed by atoms with Crippen molar-refractivity contribution < 1.29 is 13.9 Å². The van der Waals surface area contributed by atoms with Crippen LogP contribution in [0.5, 0.6) is 0 Å². The molecule has 0 spiro atoms. The van der Waals surface area contributed by atoms with Gasteiger partial charge in [0.2, 0.25) is 0 Å². The molecule has 0 unspecified atom stereocenters. The van der Waals surface area contributed by atoms with Crippen molar-refractivity contribution in [3.8, 4) is 0 Å². The molecule has 8 heteroatoms. The zero-order valence-corrected chi connectivity index (χ0v) is 13.9. The van der Waals surface area contributed by atoms with Crippen molar-refractivity contribution in [2.45, 2.75) is 19.6 Å². The van der Waals surface area contributed by atoms with Gasteiger partial charge in [-0.05, 0) is 31.2 Å². The van der Waals surface area contributed by atoms with E-state index in [-0.39, 0.29) is 12.1 Å². The first kappa shape index (κ1) is 15.6. The van der Waals surface area contributed by atoms with Gasteiger partial charge in [-0.2, -0.15) is 0 Å². The summed E-state index contributed by atoms with van der Waals surface area (Å²) in [7, 11) is 0. The standard InChI is InChI=1S/C17H19N5O3/c1-12-5-6-13(25-12)14-11-21(8-9-24-14)17(23)18-10-16-20-19-15-4-2-3-7-22(15)16/h2-7,14H,8-11H2,1H3,(H,18,23)/t14-/m0/s1. The van der Waals surface area contributed by atoms with Gasteiger partial charge in [-0.25, -0.2) is 4.79 Å². The van der Waals surface area contributed by atoms with Crippen LogP contribution in [-0.4, -0.2) is 45.2 Å². The predicted molar refractivity (Wildman–Crippen MR) is 88.9 cm³/mol. The molecular formula is C17H19N5O3. The van der Waals surface area contributed by atoms with Crippen LogP contribution in [0, 0.1) is 6.92 Å². The molecule has 130 valence electrons. The molecule has 3 aromatic rings. The number of fused-ring (bicyclic) bond motifs is 1. The van der Waals surface area contributed by atoms with E-state index in [9.17, 15) is 4.79 Å². The average Bonchev–Trinajstić information content (AvgIpc) is 3.26. The summed E-state index contributed by atoms with van der Waals surface area (Å²) in [6, 6.07) is 9.31. The van der Waals surface area contributed by atoms with Crippen molar-refractivity contribution in [2.24, 2.45) is 0 Å². The second kappa shape index (κ2) is 6.56. The number of aromatic nitrogens is 3. The summed E-state index contributed by atoms with van der Waals surface area (Å²) in [4.78, 5) is 14.2. The largest absolute Gasteiger partial charge is 0.464 e. The second-order valence-corrected chi connectivity index (χ2v) is 5.96. The van der Waals surface area contributed by atoms with Crippen molar-refractivity contribution in [1.82, 2.24) is 24.8 Å². The van der Waals surface area contributed by atoms with E-state index in [4.69, 9.17) is 9.15 Å². The number of rotatable bonds is 3. The minimum Gasteiger partial charge on any atom is -0.464 e. The maximum atomic E-state index is 12.5. The Labute approximate surface area is 144 Å². The Hall–Kier alpha value is -2.87. The lowest BCUT2D eigenvalue weighted by atomic mass is 10.2. The van der Waals surface area contributed by atoms with Crippen LogP contribution in [0.15, 0.2) is 40.9 Å². The Morgan fingerprint density at radius 1 is 1.32 bits per heavy atom. The number of urea groups is 1. The van der Waals surface area contributed by atoms with Gasteiger partial charge in [-0.15, -0.1) is 10.2 Å². The molecule has 25 heavy (non-hydrogen) atoms. The van der Waals surface area contributed by atoms with E-state index in [0.717, 1.165) is 17.2 Å². The highest BCUT2D eigenvalue weighted by molar-refractivity contribution is 5.74. The summed E-state index contributed by atoms with van der Waals surface area (Å²) in [5, 5.41) is 11.1. The molecular weight excluding hydrogens is 322 g/mol. The van der Waals surface area contributed by atoms with E-state index in [1.165, 1.54) is 0 Å². The number of carbonyl (C=O) groups excluding carboxylic acids is 1. The average molecular weight is 341 g/mol. The van der Waals surface area contributed by atoms with Crippen LogP contribution in [0.25, 0.3) is 5.65 Å². The molecule has 0 radical (unpaired) electrons. The maximum absolute atomic E-state index is 12.5. The van der Waals surface area contributed by atoms with Crippen molar-refractivity contribution in [1.29, 1.82) is 0 Å². The fraction of sp³-hybridized carbons (Fsp3) is 0.353. The van der Waals surface area contributed by atoms with Crippen molar-refractivity contribution in [2.75, 3.05) is 19.7 Å². The molecule has 1 fully saturated rings. The molecule has 1 atom stereocenters. The summed E-state index contributed by atoms with van der Waals surface area (Å²) in [5.74, 6) is 2.27. The lowest BCUT2D eigenvalue weighted by Crippen LogP contribution is -2.47. The van der Waals surface area contributed by atoms with Crippen LogP contribution in [-0.2, 0) is 11.3 Å². The normalized spacial score (nSPS) is 17.8. The monoisotopic (exact) mass is 341 g/mol. The molecule has 0 aromatic carbocycles. The fourth-order valence-corrected chi connectivity index (χ4v) is 2.91. The number of nitrogens with zero attached hydrogens (tertiary/aromatic N) is 4. The highest BCUT2D eigenvalue weighted by Gasteiger charge is 2.27. The Balaban J connectivity index is 1.39. The number of amides is 2. The molecule has 0 aliphatic carbocycles. The topological polar surface area (TPSA) is 84.9 Å². The van der Waals surface area contributed by atoms with Crippen LogP contribution in [0.1, 0.15) is 23.4 Å². The van der Waals surface area contributed by atoms with Crippen molar-refractivity contribution in [3.05, 3.63) is 53.9 Å². The van der Waals surface area contributed by atoms with E-state index in [0.29, 0.717) is 32.1 Å². The van der Waals surface area contributed by atoms with Gasteiger partial charge in [0, 0.05) is 12.7 Å². The number of pyridine rings is 1. The molecule has 4 heterocycles. The van der Waals surface area contributed by atoms with Gasteiger partial charge in [0.1, 0.15) is 17.6 Å². The lowest BCUT2D eigenvalue weighted by Gasteiger charge is -2.31. The molecule has 0 saturated carbocycles. The molecule has 8 nitrogen and oxygen atoms in total. The van der Waals surface area contributed by atoms with Gasteiger partial charge in [-0.1, -0.05) is 6.07 Å². The van der Waals surface area contributed by atoms with E-state index in [1.54, 1.807) is 4.90 Å². The fourth-order valence-electron chi connectivity index (χ4n) is 2.91. The van der Waals surface area contributed by atoms with Gasteiger partial charge in [0.15, 0.2) is 11.5 Å². The van der Waals surface area contributed by atoms with Crippen LogP contribution in [0.4, 0.5) is 4.79 Å². The van der Waals surface area contributed by atoms with Crippen LogP contribution < -0.4 is 5.32 Å². The highest BCUT2D eigenvalue weighted by Crippen LogP contribution is 2.24. The predicted octanol–water partition coefficient (Wildman–Crippen LogP) is 1.91. The highest BCUT2D eigenvalue weighted by atomic mass is 16.5. The minimum absolute atomic E-state index is 0.149. The quantitative estimate of drug-likeness (QED) is 0.787. The van der Waals surface area contributed by atoms with Gasteiger partial charge < -0.3 is 19.4 Å². The Bertz CT molecular complexity index is 887. The number of aryl methyl sites for hydroxylation is 1. The number of ether oxygens (including phenoxy) is 1. The smallest absolute Gasteiger partial charge is 0.317 e. The first-order valence-electron chi connectivity index (χ1n) is 8.20. The number of hydrogen-bond acceptors (Lipinski definition) is 5. The third-order valence-corrected chi connectivity index (χ3v) is 4.21. The molecule has 4 rings (SSSR count).